The lowest BCUT2D eigenvalue weighted by Gasteiger charge is -2.30. The fraction of sp³-hybridized carbons (Fsp3) is 0.471. The minimum atomic E-state index is -0.0386. The molecular weight excluding hydrogens is 262 g/mol. The number of carbonyl (C=O) groups excluding carboxylic acids is 1. The molecule has 1 aliphatic heterocycles. The summed E-state index contributed by atoms with van der Waals surface area (Å²) in [6.07, 6.45) is 2.14. The first-order valence-electron chi connectivity index (χ1n) is 7.45. The maximum atomic E-state index is 12.4. The Labute approximate surface area is 126 Å². The summed E-state index contributed by atoms with van der Waals surface area (Å²) >= 11 is 0. The number of carbonyl (C=O) groups is 1. The first-order valence-corrected chi connectivity index (χ1v) is 7.45. The van der Waals surface area contributed by atoms with Crippen LogP contribution in [0.1, 0.15) is 30.9 Å². The van der Waals surface area contributed by atoms with Crippen LogP contribution in [0.4, 0.5) is 10.5 Å². The van der Waals surface area contributed by atoms with E-state index in [1.165, 1.54) is 0 Å². The predicted molar refractivity (Wildman–Crippen MR) is 86.1 cm³/mol. The molecular formula is C17H23N3O. The number of piperidine rings is 1. The third-order valence-electron chi connectivity index (χ3n) is 3.81. The van der Waals surface area contributed by atoms with E-state index >= 15 is 0 Å². The maximum absolute atomic E-state index is 12.4. The second-order valence-electron chi connectivity index (χ2n) is 5.65. The molecule has 1 aromatic carbocycles. The molecule has 4 heteroatoms. The van der Waals surface area contributed by atoms with E-state index in [4.69, 9.17) is 5.73 Å². The Morgan fingerprint density at radius 1 is 1.43 bits per heavy atom. The molecule has 0 unspecified atom stereocenters. The maximum Gasteiger partial charge on any atom is 0.321 e. The average molecular weight is 285 g/mol. The average Bonchev–Trinajstić information content (AvgIpc) is 2.47. The first-order chi connectivity index (χ1) is 10.1. The van der Waals surface area contributed by atoms with Gasteiger partial charge in [0.05, 0.1) is 12.2 Å². The fourth-order valence-corrected chi connectivity index (χ4v) is 2.42. The first kappa shape index (κ1) is 15.4. The molecule has 0 spiro atoms. The molecule has 2 amide bonds. The van der Waals surface area contributed by atoms with E-state index in [-0.39, 0.29) is 6.03 Å². The highest BCUT2D eigenvalue weighted by atomic mass is 16.2. The molecule has 21 heavy (non-hydrogen) atoms. The summed E-state index contributed by atoms with van der Waals surface area (Å²) in [4.78, 5) is 14.2. The SMILES string of the molecule is Cc1ccc(C#CCN)c(NC(=O)N2CCC(C)CC2)c1. The van der Waals surface area contributed by atoms with Crippen molar-refractivity contribution < 1.29 is 4.79 Å². The van der Waals surface area contributed by atoms with Gasteiger partial charge in [0.1, 0.15) is 0 Å². The van der Waals surface area contributed by atoms with Crippen LogP contribution < -0.4 is 11.1 Å². The van der Waals surface area contributed by atoms with E-state index in [0.29, 0.717) is 12.5 Å². The van der Waals surface area contributed by atoms with Gasteiger partial charge in [0.2, 0.25) is 0 Å². The summed E-state index contributed by atoms with van der Waals surface area (Å²) in [6, 6.07) is 5.82. The second kappa shape index (κ2) is 7.14. The molecule has 4 nitrogen and oxygen atoms in total. The van der Waals surface area contributed by atoms with Gasteiger partial charge < -0.3 is 16.0 Å². The Bertz CT molecular complexity index is 563. The van der Waals surface area contributed by atoms with Crippen LogP contribution in [-0.4, -0.2) is 30.6 Å². The van der Waals surface area contributed by atoms with Crippen molar-refractivity contribution in [2.75, 3.05) is 25.0 Å². The molecule has 3 N–H and O–H groups in total. The predicted octanol–water partition coefficient (Wildman–Crippen LogP) is 2.57. The summed E-state index contributed by atoms with van der Waals surface area (Å²) in [7, 11) is 0. The lowest BCUT2D eigenvalue weighted by molar-refractivity contribution is 0.186. The number of urea groups is 1. The van der Waals surface area contributed by atoms with Gasteiger partial charge in [0.15, 0.2) is 0 Å². The number of aryl methyl sites for hydroxylation is 1. The van der Waals surface area contributed by atoms with Gasteiger partial charge in [-0.15, -0.1) is 0 Å². The van der Waals surface area contributed by atoms with Gasteiger partial charge in [0, 0.05) is 18.7 Å². The van der Waals surface area contributed by atoms with Crippen LogP contribution in [-0.2, 0) is 0 Å². The van der Waals surface area contributed by atoms with Crippen molar-refractivity contribution in [3.8, 4) is 11.8 Å². The van der Waals surface area contributed by atoms with E-state index < -0.39 is 0 Å². The van der Waals surface area contributed by atoms with E-state index in [2.05, 4.69) is 24.1 Å². The Kier molecular flexibility index (Phi) is 5.24. The van der Waals surface area contributed by atoms with Crippen molar-refractivity contribution in [3.63, 3.8) is 0 Å². The fourth-order valence-electron chi connectivity index (χ4n) is 2.42. The Morgan fingerprint density at radius 3 is 2.81 bits per heavy atom. The third-order valence-corrected chi connectivity index (χ3v) is 3.81. The molecule has 0 aliphatic carbocycles. The summed E-state index contributed by atoms with van der Waals surface area (Å²) in [5.41, 5.74) is 8.09. The normalized spacial score (nSPS) is 15.3. The van der Waals surface area contributed by atoms with Crippen LogP contribution in [0.3, 0.4) is 0 Å². The summed E-state index contributed by atoms with van der Waals surface area (Å²) in [5, 5.41) is 2.99. The standard InChI is InChI=1S/C17H23N3O/c1-13-7-10-20(11-8-13)17(21)19-16-12-14(2)5-6-15(16)4-3-9-18/h5-6,12-13H,7-11,18H2,1-2H3,(H,19,21). The lowest BCUT2D eigenvalue weighted by Crippen LogP contribution is -2.40. The van der Waals surface area contributed by atoms with Crippen LogP contribution in [0.5, 0.6) is 0 Å². The Hall–Kier alpha value is -1.99. The zero-order valence-corrected chi connectivity index (χ0v) is 12.8. The van der Waals surface area contributed by atoms with Gasteiger partial charge in [-0.1, -0.05) is 24.8 Å². The molecule has 0 radical (unpaired) electrons. The van der Waals surface area contributed by atoms with Crippen molar-refractivity contribution >= 4 is 11.7 Å². The molecule has 0 saturated carbocycles. The second-order valence-corrected chi connectivity index (χ2v) is 5.65. The minimum absolute atomic E-state index is 0.0386. The molecule has 1 heterocycles. The summed E-state index contributed by atoms with van der Waals surface area (Å²) in [5.74, 6) is 6.55. The zero-order chi connectivity index (χ0) is 15.2. The Balaban J connectivity index is 2.11. The quantitative estimate of drug-likeness (QED) is 0.779. The molecule has 1 saturated heterocycles. The number of amides is 2. The Morgan fingerprint density at radius 2 is 2.14 bits per heavy atom. The minimum Gasteiger partial charge on any atom is -0.325 e. The molecule has 1 aliphatic rings. The van der Waals surface area contributed by atoms with Gasteiger partial charge in [0.25, 0.3) is 0 Å². The van der Waals surface area contributed by atoms with Crippen LogP contribution in [0.2, 0.25) is 0 Å². The van der Waals surface area contributed by atoms with Crippen molar-refractivity contribution in [1.29, 1.82) is 0 Å². The van der Waals surface area contributed by atoms with E-state index in [0.717, 1.165) is 42.7 Å². The molecule has 1 fully saturated rings. The number of rotatable bonds is 1. The number of nitrogens with one attached hydrogen (secondary N) is 1. The van der Waals surface area contributed by atoms with Crippen LogP contribution in [0.25, 0.3) is 0 Å². The number of nitrogens with two attached hydrogens (primary N) is 1. The van der Waals surface area contributed by atoms with E-state index in [1.807, 2.05) is 30.0 Å². The molecule has 0 bridgehead atoms. The third kappa shape index (κ3) is 4.24. The topological polar surface area (TPSA) is 58.4 Å². The highest BCUT2D eigenvalue weighted by molar-refractivity contribution is 5.91. The molecule has 112 valence electrons. The van der Waals surface area contributed by atoms with Gasteiger partial charge in [-0.2, -0.15) is 0 Å². The van der Waals surface area contributed by atoms with Crippen LogP contribution >= 0.6 is 0 Å². The smallest absolute Gasteiger partial charge is 0.321 e. The van der Waals surface area contributed by atoms with E-state index in [1.54, 1.807) is 0 Å². The van der Waals surface area contributed by atoms with Crippen LogP contribution in [0, 0.1) is 24.7 Å². The highest BCUT2D eigenvalue weighted by Crippen LogP contribution is 2.20. The van der Waals surface area contributed by atoms with Crippen molar-refractivity contribution in [3.05, 3.63) is 29.3 Å². The molecule has 1 aromatic rings. The number of nitrogens with zero attached hydrogens (tertiary/aromatic N) is 1. The molecule has 2 rings (SSSR count). The largest absolute Gasteiger partial charge is 0.325 e. The van der Waals surface area contributed by atoms with Crippen molar-refractivity contribution in [2.45, 2.75) is 26.7 Å². The number of hydrogen-bond acceptors (Lipinski definition) is 2. The van der Waals surface area contributed by atoms with Gasteiger partial charge in [-0.3, -0.25) is 0 Å². The summed E-state index contributed by atoms with van der Waals surface area (Å²) in [6.45, 7) is 6.19. The summed E-state index contributed by atoms with van der Waals surface area (Å²) < 4.78 is 0. The van der Waals surface area contributed by atoms with Gasteiger partial charge >= 0.3 is 6.03 Å². The van der Waals surface area contributed by atoms with Crippen LogP contribution in [0.15, 0.2) is 18.2 Å². The van der Waals surface area contributed by atoms with E-state index in [9.17, 15) is 4.79 Å². The number of anilines is 1. The van der Waals surface area contributed by atoms with Gasteiger partial charge in [-0.05, 0) is 43.4 Å². The molecule has 0 atom stereocenters. The van der Waals surface area contributed by atoms with Crippen molar-refractivity contribution in [1.82, 2.24) is 4.90 Å². The van der Waals surface area contributed by atoms with Gasteiger partial charge in [-0.25, -0.2) is 4.79 Å². The zero-order valence-electron chi connectivity index (χ0n) is 12.8. The number of likely N-dealkylation sites (tertiary alicyclic amines) is 1. The van der Waals surface area contributed by atoms with Crippen molar-refractivity contribution in [2.24, 2.45) is 11.7 Å². The monoisotopic (exact) mass is 285 g/mol. The molecule has 0 aromatic heterocycles. The highest BCUT2D eigenvalue weighted by Gasteiger charge is 2.20. The number of benzene rings is 1. The number of hydrogen-bond donors (Lipinski definition) is 2. The lowest BCUT2D eigenvalue weighted by atomic mass is 10.00.